The Balaban J connectivity index is 1.73. The van der Waals surface area contributed by atoms with Crippen LogP contribution in [-0.4, -0.2) is 24.8 Å². The van der Waals surface area contributed by atoms with Gasteiger partial charge in [0.1, 0.15) is 0 Å². The third-order valence-corrected chi connectivity index (χ3v) is 6.66. The summed E-state index contributed by atoms with van der Waals surface area (Å²) in [5.74, 6) is 0. The minimum absolute atomic E-state index is 0.136. The van der Waals surface area contributed by atoms with Crippen molar-refractivity contribution in [3.05, 3.63) is 75.7 Å². The largest absolute Gasteiger partial charge is 0.351 e. The number of hydrogen-bond acceptors (Lipinski definition) is 5. The van der Waals surface area contributed by atoms with Gasteiger partial charge in [-0.3, -0.25) is 9.71 Å². The number of nitrogens with one attached hydrogen (secondary N) is 2. The van der Waals surface area contributed by atoms with Crippen molar-refractivity contribution in [2.45, 2.75) is 12.1 Å². The molecule has 3 aromatic rings. The number of halogens is 1. The molecule has 10 heteroatoms. The number of thiocarbonyl (C=S) groups is 1. The molecule has 0 radical (unpaired) electrons. The van der Waals surface area contributed by atoms with Gasteiger partial charge in [-0.05, 0) is 60.7 Å². The molecule has 2 aromatic heterocycles. The van der Waals surface area contributed by atoms with E-state index in [0.29, 0.717) is 15.1 Å². The SMILES string of the molecule is CS(=O)(=O)Nc1ccc(N2C(=S)NC(c3ccccn3)C2c2ccc(Cl)s2)cc1. The van der Waals surface area contributed by atoms with E-state index in [9.17, 15) is 8.42 Å². The second kappa shape index (κ2) is 7.91. The van der Waals surface area contributed by atoms with Crippen molar-refractivity contribution in [1.29, 1.82) is 0 Å². The van der Waals surface area contributed by atoms with Gasteiger partial charge in [0.15, 0.2) is 5.11 Å². The minimum atomic E-state index is -3.34. The summed E-state index contributed by atoms with van der Waals surface area (Å²) in [4.78, 5) is 7.57. The Kier molecular flexibility index (Phi) is 5.48. The number of nitrogens with zero attached hydrogens (tertiary/aromatic N) is 2. The number of rotatable bonds is 5. The van der Waals surface area contributed by atoms with Gasteiger partial charge in [0.2, 0.25) is 10.0 Å². The third kappa shape index (κ3) is 4.37. The summed E-state index contributed by atoms with van der Waals surface area (Å²) in [5.41, 5.74) is 2.21. The predicted octanol–water partition coefficient (Wildman–Crippen LogP) is 4.35. The van der Waals surface area contributed by atoms with Crippen LogP contribution < -0.4 is 14.9 Å². The van der Waals surface area contributed by atoms with E-state index in [2.05, 4.69) is 15.0 Å². The Hall–Kier alpha value is -2.20. The van der Waals surface area contributed by atoms with Crippen LogP contribution in [0.4, 0.5) is 11.4 Å². The summed E-state index contributed by atoms with van der Waals surface area (Å²) in [6.07, 6.45) is 2.88. The fourth-order valence-electron chi connectivity index (χ4n) is 3.31. The summed E-state index contributed by atoms with van der Waals surface area (Å²) >= 11 is 13.4. The van der Waals surface area contributed by atoms with Crippen LogP contribution in [0.1, 0.15) is 22.7 Å². The van der Waals surface area contributed by atoms with Gasteiger partial charge < -0.3 is 10.2 Å². The number of hydrogen-bond donors (Lipinski definition) is 2. The number of benzene rings is 1. The maximum atomic E-state index is 11.5. The van der Waals surface area contributed by atoms with Gasteiger partial charge in [-0.1, -0.05) is 17.7 Å². The molecule has 4 rings (SSSR count). The van der Waals surface area contributed by atoms with Gasteiger partial charge in [-0.15, -0.1) is 11.3 Å². The monoisotopic (exact) mass is 464 g/mol. The average Bonchev–Trinajstić information content (AvgIpc) is 3.25. The maximum Gasteiger partial charge on any atom is 0.229 e. The number of thiophene rings is 1. The summed E-state index contributed by atoms with van der Waals surface area (Å²) in [7, 11) is -3.34. The zero-order chi connectivity index (χ0) is 20.6. The lowest BCUT2D eigenvalue weighted by molar-refractivity contribution is 0.575. The predicted molar refractivity (Wildman–Crippen MR) is 122 cm³/mol. The van der Waals surface area contributed by atoms with Crippen LogP contribution in [0.2, 0.25) is 4.34 Å². The molecular weight excluding hydrogens is 448 g/mol. The zero-order valence-electron chi connectivity index (χ0n) is 15.2. The van der Waals surface area contributed by atoms with E-state index in [1.54, 1.807) is 18.3 Å². The second-order valence-corrected chi connectivity index (χ2v) is 10.4. The van der Waals surface area contributed by atoms with E-state index in [4.69, 9.17) is 23.8 Å². The zero-order valence-corrected chi connectivity index (χ0v) is 18.4. The Morgan fingerprint density at radius 3 is 2.52 bits per heavy atom. The van der Waals surface area contributed by atoms with Crippen LogP contribution in [-0.2, 0) is 10.0 Å². The first kappa shape index (κ1) is 20.1. The smallest absolute Gasteiger partial charge is 0.229 e. The number of sulfonamides is 1. The average molecular weight is 465 g/mol. The van der Waals surface area contributed by atoms with Crippen LogP contribution in [0.15, 0.2) is 60.8 Å². The van der Waals surface area contributed by atoms with Crippen molar-refractivity contribution in [3.8, 4) is 0 Å². The van der Waals surface area contributed by atoms with Gasteiger partial charge in [-0.25, -0.2) is 8.42 Å². The molecule has 6 nitrogen and oxygen atoms in total. The normalized spacial score (nSPS) is 19.2. The third-order valence-electron chi connectivity index (χ3n) is 4.43. The second-order valence-electron chi connectivity index (χ2n) is 6.56. The Bertz CT molecular complexity index is 1130. The highest BCUT2D eigenvalue weighted by molar-refractivity contribution is 7.92. The van der Waals surface area contributed by atoms with Crippen LogP contribution in [0.3, 0.4) is 0 Å². The molecule has 0 amide bonds. The summed E-state index contributed by atoms with van der Waals surface area (Å²) in [5, 5.41) is 3.94. The van der Waals surface area contributed by atoms with E-state index in [0.717, 1.165) is 22.5 Å². The van der Waals surface area contributed by atoms with Crippen molar-refractivity contribution in [3.63, 3.8) is 0 Å². The lowest BCUT2D eigenvalue weighted by Gasteiger charge is -2.27. The van der Waals surface area contributed by atoms with Gasteiger partial charge >= 0.3 is 0 Å². The van der Waals surface area contributed by atoms with Crippen LogP contribution in [0.25, 0.3) is 0 Å². The van der Waals surface area contributed by atoms with E-state index in [1.165, 1.54) is 11.3 Å². The summed E-state index contributed by atoms with van der Waals surface area (Å²) < 4.78 is 26.1. The van der Waals surface area contributed by atoms with Crippen molar-refractivity contribution < 1.29 is 8.42 Å². The van der Waals surface area contributed by atoms with Crippen LogP contribution in [0.5, 0.6) is 0 Å². The molecule has 2 atom stereocenters. The highest BCUT2D eigenvalue weighted by Crippen LogP contribution is 2.44. The van der Waals surface area contributed by atoms with E-state index < -0.39 is 10.0 Å². The topological polar surface area (TPSA) is 74.3 Å². The van der Waals surface area contributed by atoms with E-state index in [1.807, 2.05) is 47.4 Å². The quantitative estimate of drug-likeness (QED) is 0.547. The molecule has 1 aliphatic rings. The first-order valence-corrected chi connectivity index (χ1v) is 12.1. The molecule has 1 saturated heterocycles. The Morgan fingerprint density at radius 2 is 1.93 bits per heavy atom. The molecule has 0 spiro atoms. The standard InChI is InChI=1S/C19H17ClN4O2S3/c1-29(25,26)23-12-5-7-13(8-6-12)24-18(15-9-10-16(20)28-15)17(22-19(24)27)14-4-2-3-11-21-14/h2-11,17-18,23H,1H3,(H,22,27). The lowest BCUT2D eigenvalue weighted by atomic mass is 10.0. The Morgan fingerprint density at radius 1 is 1.17 bits per heavy atom. The molecule has 29 heavy (non-hydrogen) atoms. The molecule has 1 aromatic carbocycles. The van der Waals surface area contributed by atoms with Gasteiger partial charge in [0, 0.05) is 22.4 Å². The van der Waals surface area contributed by atoms with Crippen molar-refractivity contribution in [2.75, 3.05) is 15.9 Å². The van der Waals surface area contributed by atoms with Crippen molar-refractivity contribution in [2.24, 2.45) is 0 Å². The molecule has 1 fully saturated rings. The highest BCUT2D eigenvalue weighted by Gasteiger charge is 2.41. The molecular formula is C19H17ClN4O2S3. The highest BCUT2D eigenvalue weighted by atomic mass is 35.5. The van der Waals surface area contributed by atoms with Gasteiger partial charge in [0.05, 0.1) is 28.4 Å². The number of aromatic nitrogens is 1. The number of anilines is 2. The fourth-order valence-corrected chi connectivity index (χ4v) is 5.41. The molecule has 150 valence electrons. The minimum Gasteiger partial charge on any atom is -0.351 e. The fraction of sp³-hybridized carbons (Fsp3) is 0.158. The van der Waals surface area contributed by atoms with Gasteiger partial charge in [-0.2, -0.15) is 0 Å². The molecule has 3 heterocycles. The van der Waals surface area contributed by atoms with Crippen molar-refractivity contribution >= 4 is 61.7 Å². The van der Waals surface area contributed by atoms with Crippen LogP contribution >= 0.6 is 35.2 Å². The first-order valence-electron chi connectivity index (χ1n) is 8.65. The molecule has 1 aliphatic heterocycles. The molecule has 2 unspecified atom stereocenters. The lowest BCUT2D eigenvalue weighted by Crippen LogP contribution is -2.29. The first-order chi connectivity index (χ1) is 13.8. The number of pyridine rings is 1. The van der Waals surface area contributed by atoms with Crippen LogP contribution in [0, 0.1) is 0 Å². The van der Waals surface area contributed by atoms with Gasteiger partial charge in [0.25, 0.3) is 0 Å². The maximum absolute atomic E-state index is 11.5. The molecule has 2 N–H and O–H groups in total. The molecule has 0 aliphatic carbocycles. The Labute approximate surface area is 183 Å². The van der Waals surface area contributed by atoms with Crippen molar-refractivity contribution in [1.82, 2.24) is 10.3 Å². The summed E-state index contributed by atoms with van der Waals surface area (Å²) in [6, 6.07) is 16.5. The molecule has 0 saturated carbocycles. The van der Waals surface area contributed by atoms with E-state index >= 15 is 0 Å². The summed E-state index contributed by atoms with van der Waals surface area (Å²) in [6.45, 7) is 0. The molecule has 0 bridgehead atoms. The van der Waals surface area contributed by atoms with E-state index in [-0.39, 0.29) is 12.1 Å².